The van der Waals surface area contributed by atoms with Crippen molar-refractivity contribution in [3.63, 3.8) is 0 Å². The van der Waals surface area contributed by atoms with Crippen molar-refractivity contribution in [3.05, 3.63) is 0 Å². The van der Waals surface area contributed by atoms with Gasteiger partial charge >= 0.3 is 5.97 Å². The summed E-state index contributed by atoms with van der Waals surface area (Å²) in [5, 5.41) is 9.09. The number of Topliss-reactive ketones (excluding diaryl/α,β-unsaturated/α-hetero) is 1. The Kier molecular flexibility index (Phi) is 5.17. The van der Waals surface area contributed by atoms with E-state index in [0.717, 1.165) is 32.1 Å². The molecule has 158 valence electrons. The Morgan fingerprint density at radius 3 is 2.64 bits per heavy atom. The Morgan fingerprint density at radius 1 is 1.18 bits per heavy atom. The fourth-order valence-corrected chi connectivity index (χ4v) is 8.49. The summed E-state index contributed by atoms with van der Waals surface area (Å²) in [5.41, 5.74) is 6.36. The van der Waals surface area contributed by atoms with Crippen LogP contribution in [0.2, 0.25) is 0 Å². The number of ketones is 1. The van der Waals surface area contributed by atoms with Crippen LogP contribution in [-0.2, 0) is 9.59 Å². The lowest BCUT2D eigenvalue weighted by Crippen LogP contribution is -2.57. The van der Waals surface area contributed by atoms with Gasteiger partial charge in [0.05, 0.1) is 0 Å². The van der Waals surface area contributed by atoms with Crippen molar-refractivity contribution >= 4 is 11.8 Å². The zero-order valence-corrected chi connectivity index (χ0v) is 18.0. The van der Waals surface area contributed by atoms with Crippen LogP contribution in [0.4, 0.5) is 0 Å². The molecule has 0 heterocycles. The Balaban J connectivity index is 1.57. The van der Waals surface area contributed by atoms with Gasteiger partial charge in [0.25, 0.3) is 0 Å². The third-order valence-corrected chi connectivity index (χ3v) is 10.1. The first-order valence-electron chi connectivity index (χ1n) is 11.7. The molecule has 0 aromatic heterocycles. The third kappa shape index (κ3) is 2.97. The first kappa shape index (κ1) is 20.4. The lowest BCUT2D eigenvalue weighted by Gasteiger charge is -2.60. The molecule has 4 heteroatoms. The number of aliphatic carboxylic acids is 1. The van der Waals surface area contributed by atoms with E-state index < -0.39 is 5.97 Å². The molecule has 0 amide bonds. The highest BCUT2D eigenvalue weighted by Gasteiger charge is 2.63. The molecule has 4 saturated carbocycles. The summed E-state index contributed by atoms with van der Waals surface area (Å²) in [6.07, 6.45) is 9.92. The second-order valence-corrected chi connectivity index (χ2v) is 11.2. The summed E-state index contributed by atoms with van der Waals surface area (Å²) < 4.78 is 0. The number of rotatable bonds is 4. The average Bonchev–Trinajstić information content (AvgIpc) is 3.00. The molecule has 0 spiro atoms. The van der Waals surface area contributed by atoms with E-state index in [0.29, 0.717) is 59.2 Å². The van der Waals surface area contributed by atoms with Crippen molar-refractivity contribution in [2.75, 3.05) is 0 Å². The van der Waals surface area contributed by atoms with Crippen LogP contribution in [0, 0.1) is 46.3 Å². The third-order valence-electron chi connectivity index (χ3n) is 10.1. The zero-order valence-electron chi connectivity index (χ0n) is 18.0. The van der Waals surface area contributed by atoms with Gasteiger partial charge in [0.1, 0.15) is 5.78 Å². The molecule has 4 fully saturated rings. The molecule has 3 N–H and O–H groups in total. The summed E-state index contributed by atoms with van der Waals surface area (Å²) >= 11 is 0. The van der Waals surface area contributed by atoms with Crippen molar-refractivity contribution in [2.24, 2.45) is 52.1 Å². The number of fused-ring (bicyclic) bond motifs is 5. The van der Waals surface area contributed by atoms with Gasteiger partial charge in [-0.1, -0.05) is 20.8 Å². The number of hydrogen-bond donors (Lipinski definition) is 2. The minimum atomic E-state index is -0.719. The predicted octanol–water partition coefficient (Wildman–Crippen LogP) is 4.65. The molecule has 4 aliphatic rings. The maximum absolute atomic E-state index is 13.6. The lowest BCUT2D eigenvalue weighted by atomic mass is 9.44. The van der Waals surface area contributed by atoms with Crippen molar-refractivity contribution < 1.29 is 14.7 Å². The van der Waals surface area contributed by atoms with Gasteiger partial charge in [0.2, 0.25) is 0 Å². The van der Waals surface area contributed by atoms with E-state index in [4.69, 9.17) is 10.8 Å². The maximum atomic E-state index is 13.6. The fraction of sp³-hybridized carbons (Fsp3) is 0.917. The number of carboxylic acid groups (broad SMARTS) is 1. The molecular formula is C24H39NO3. The molecule has 9 atom stereocenters. The summed E-state index contributed by atoms with van der Waals surface area (Å²) in [6.45, 7) is 6.90. The number of nitrogens with two attached hydrogens (primary N) is 1. The topological polar surface area (TPSA) is 80.4 Å². The molecular weight excluding hydrogens is 350 g/mol. The highest BCUT2D eigenvalue weighted by Crippen LogP contribution is 2.67. The van der Waals surface area contributed by atoms with Gasteiger partial charge in [-0.15, -0.1) is 0 Å². The number of carbonyl (C=O) groups is 2. The van der Waals surface area contributed by atoms with Gasteiger partial charge in [-0.25, -0.2) is 0 Å². The molecule has 4 nitrogen and oxygen atoms in total. The van der Waals surface area contributed by atoms with E-state index in [1.165, 1.54) is 19.3 Å². The molecule has 0 unspecified atom stereocenters. The molecule has 0 aliphatic heterocycles. The van der Waals surface area contributed by atoms with Gasteiger partial charge in [-0.05, 0) is 92.3 Å². The minimum absolute atomic E-state index is 0.221. The van der Waals surface area contributed by atoms with Crippen LogP contribution in [0.1, 0.15) is 85.0 Å². The second-order valence-electron chi connectivity index (χ2n) is 11.2. The summed E-state index contributed by atoms with van der Waals surface area (Å²) in [7, 11) is 0. The highest BCUT2D eigenvalue weighted by molar-refractivity contribution is 5.87. The normalized spacial score (nSPS) is 49.1. The Morgan fingerprint density at radius 2 is 1.93 bits per heavy atom. The molecule has 0 radical (unpaired) electrons. The monoisotopic (exact) mass is 389 g/mol. The number of carbonyl (C=O) groups excluding carboxylic acids is 1. The molecule has 4 rings (SSSR count). The Bertz CT molecular complexity index is 648. The van der Waals surface area contributed by atoms with Crippen LogP contribution in [0.25, 0.3) is 0 Å². The van der Waals surface area contributed by atoms with Crippen molar-refractivity contribution in [1.82, 2.24) is 0 Å². The maximum Gasteiger partial charge on any atom is 0.303 e. The van der Waals surface area contributed by atoms with Crippen LogP contribution >= 0.6 is 0 Å². The average molecular weight is 390 g/mol. The summed E-state index contributed by atoms with van der Waals surface area (Å²) in [4.78, 5) is 24.7. The highest BCUT2D eigenvalue weighted by atomic mass is 16.4. The van der Waals surface area contributed by atoms with Crippen LogP contribution in [0.15, 0.2) is 0 Å². The molecule has 0 aromatic carbocycles. The molecule has 0 aromatic rings. The molecule has 4 aliphatic carbocycles. The lowest BCUT2D eigenvalue weighted by molar-refractivity contribution is -0.158. The Labute approximate surface area is 170 Å². The van der Waals surface area contributed by atoms with E-state index in [1.54, 1.807) is 0 Å². The van der Waals surface area contributed by atoms with Crippen LogP contribution in [-0.4, -0.2) is 22.9 Å². The first-order chi connectivity index (χ1) is 13.2. The second kappa shape index (κ2) is 7.11. The van der Waals surface area contributed by atoms with Crippen LogP contribution < -0.4 is 5.73 Å². The smallest absolute Gasteiger partial charge is 0.303 e. The zero-order chi connectivity index (χ0) is 20.3. The van der Waals surface area contributed by atoms with E-state index in [2.05, 4.69) is 20.8 Å². The van der Waals surface area contributed by atoms with Crippen molar-refractivity contribution in [2.45, 2.75) is 91.0 Å². The van der Waals surface area contributed by atoms with Crippen LogP contribution in [0.5, 0.6) is 0 Å². The summed E-state index contributed by atoms with van der Waals surface area (Å²) in [6, 6.07) is 0.352. The van der Waals surface area contributed by atoms with Crippen molar-refractivity contribution in [1.29, 1.82) is 0 Å². The molecule has 28 heavy (non-hydrogen) atoms. The van der Waals surface area contributed by atoms with Gasteiger partial charge < -0.3 is 10.8 Å². The molecule has 0 bridgehead atoms. The van der Waals surface area contributed by atoms with Gasteiger partial charge in [0.15, 0.2) is 0 Å². The summed E-state index contributed by atoms with van der Waals surface area (Å²) in [5.74, 6) is 2.85. The quantitative estimate of drug-likeness (QED) is 0.733. The largest absolute Gasteiger partial charge is 0.481 e. The van der Waals surface area contributed by atoms with E-state index >= 15 is 0 Å². The van der Waals surface area contributed by atoms with E-state index in [-0.39, 0.29) is 11.8 Å². The fourth-order valence-electron chi connectivity index (χ4n) is 8.49. The standard InChI is InChI=1S/C24H39NO3/c1-14(4-9-22(27)28)18-7-8-19-17-6-5-15-12-16(25)10-11-23(15,2)20(17)13-21(26)24(18,19)3/h14-20H,4-13,25H2,1-3H3,(H,27,28)/t14-,15-,16+,17+,18-,19+,20+,23+,24-/m1/s1. The number of carboxylic acids is 1. The van der Waals surface area contributed by atoms with Gasteiger partial charge in [-0.3, -0.25) is 9.59 Å². The minimum Gasteiger partial charge on any atom is -0.481 e. The first-order valence-corrected chi connectivity index (χ1v) is 11.7. The molecule has 0 saturated heterocycles. The van der Waals surface area contributed by atoms with E-state index in [9.17, 15) is 9.59 Å². The van der Waals surface area contributed by atoms with Gasteiger partial charge in [-0.2, -0.15) is 0 Å². The number of hydrogen-bond acceptors (Lipinski definition) is 3. The predicted molar refractivity (Wildman–Crippen MR) is 110 cm³/mol. The van der Waals surface area contributed by atoms with Crippen LogP contribution in [0.3, 0.4) is 0 Å². The van der Waals surface area contributed by atoms with Gasteiger partial charge in [0, 0.05) is 24.3 Å². The SMILES string of the molecule is C[C@H](CCC(=O)O)[C@H]1CC[C@H]2[C@@H]3CC[C@@H]4C[C@@H](N)CC[C@]4(C)[C@H]3CC(=O)[C@]12C. The van der Waals surface area contributed by atoms with Crippen molar-refractivity contribution in [3.8, 4) is 0 Å². The van der Waals surface area contributed by atoms with E-state index in [1.807, 2.05) is 0 Å². The Hall–Kier alpha value is -0.900.